The molecule has 2 N–H and O–H groups in total. The lowest BCUT2D eigenvalue weighted by molar-refractivity contribution is 0.0751. The van der Waals surface area contributed by atoms with Crippen LogP contribution < -0.4 is 15.5 Å². The van der Waals surface area contributed by atoms with Gasteiger partial charge in [-0.2, -0.15) is 0 Å². The summed E-state index contributed by atoms with van der Waals surface area (Å²) < 4.78 is 0. The van der Waals surface area contributed by atoms with Crippen LogP contribution in [-0.2, 0) is 0 Å². The zero-order chi connectivity index (χ0) is 24.2. The molecule has 2 aromatic carbocycles. The summed E-state index contributed by atoms with van der Waals surface area (Å²) in [6.45, 7) is 2.60. The third-order valence-electron chi connectivity index (χ3n) is 5.25. The van der Waals surface area contributed by atoms with Gasteiger partial charge in [-0.05, 0) is 60.1 Å². The summed E-state index contributed by atoms with van der Waals surface area (Å²) in [7, 11) is 0. The summed E-state index contributed by atoms with van der Waals surface area (Å²) in [6.07, 6.45) is 0. The topological polar surface area (TPSA) is 64.7 Å². The van der Waals surface area contributed by atoms with Gasteiger partial charge in [-0.3, -0.25) is 14.9 Å². The molecule has 0 spiro atoms. The molecule has 1 aliphatic rings. The summed E-state index contributed by atoms with van der Waals surface area (Å²) in [6, 6.07) is 13.8. The number of halogens is 3. The van der Waals surface area contributed by atoms with Gasteiger partial charge in [0.15, 0.2) is 5.11 Å². The molecular weight excluding hydrogens is 535 g/mol. The smallest absolute Gasteiger partial charge is 0.264 e. The van der Waals surface area contributed by atoms with Crippen LogP contribution in [0.5, 0.6) is 0 Å². The van der Waals surface area contributed by atoms with E-state index in [1.807, 2.05) is 34.5 Å². The van der Waals surface area contributed by atoms with E-state index in [0.717, 1.165) is 10.6 Å². The fourth-order valence-electron chi connectivity index (χ4n) is 3.55. The van der Waals surface area contributed by atoms with Crippen LogP contribution in [0.25, 0.3) is 0 Å². The maximum Gasteiger partial charge on any atom is 0.264 e. The summed E-state index contributed by atoms with van der Waals surface area (Å²) in [5, 5.41) is 8.78. The molecule has 0 atom stereocenters. The minimum Gasteiger partial charge on any atom is -0.367 e. The molecule has 1 fully saturated rings. The Morgan fingerprint density at radius 1 is 0.941 bits per heavy atom. The molecule has 0 unspecified atom stereocenters. The SMILES string of the molecule is O=C(NC(=S)Nc1ccc(N2CCN(C(=O)c3cccs3)CC2)c(Cl)c1)c1ccc(Cl)cc1Cl. The first-order chi connectivity index (χ1) is 16.3. The van der Waals surface area contributed by atoms with Gasteiger partial charge < -0.3 is 15.1 Å². The summed E-state index contributed by atoms with van der Waals surface area (Å²) in [4.78, 5) is 29.7. The first-order valence-electron chi connectivity index (χ1n) is 10.3. The second kappa shape index (κ2) is 10.9. The molecule has 1 saturated heterocycles. The van der Waals surface area contributed by atoms with Gasteiger partial charge in [0.25, 0.3) is 11.8 Å². The first kappa shape index (κ1) is 24.8. The number of carbonyl (C=O) groups excluding carboxylic acids is 2. The van der Waals surface area contributed by atoms with Gasteiger partial charge in [0.2, 0.25) is 0 Å². The standard InChI is InChI=1S/C23H19Cl3N4O2S2/c24-14-3-5-16(17(25)12-14)21(31)28-23(33)27-15-4-6-19(18(26)13-15)29-7-9-30(10-8-29)22(32)20-2-1-11-34-20/h1-6,11-13H,7-10H2,(H2,27,28,31,33). The van der Waals surface area contributed by atoms with Crippen molar-refractivity contribution in [2.24, 2.45) is 0 Å². The third-order valence-corrected chi connectivity index (χ3v) is 7.16. The van der Waals surface area contributed by atoms with Crippen molar-refractivity contribution >= 4 is 86.7 Å². The Morgan fingerprint density at radius 3 is 2.35 bits per heavy atom. The Morgan fingerprint density at radius 2 is 1.71 bits per heavy atom. The van der Waals surface area contributed by atoms with Crippen molar-refractivity contribution in [2.75, 3.05) is 36.4 Å². The molecule has 4 rings (SSSR count). The minimum atomic E-state index is -0.447. The normalized spacial score (nSPS) is 13.5. The van der Waals surface area contributed by atoms with Crippen LogP contribution in [0.4, 0.5) is 11.4 Å². The molecule has 2 amide bonds. The van der Waals surface area contributed by atoms with E-state index in [0.29, 0.717) is 41.9 Å². The van der Waals surface area contributed by atoms with Crippen molar-refractivity contribution in [1.82, 2.24) is 10.2 Å². The van der Waals surface area contributed by atoms with Crippen molar-refractivity contribution in [3.8, 4) is 0 Å². The number of anilines is 2. The van der Waals surface area contributed by atoms with Gasteiger partial charge >= 0.3 is 0 Å². The molecule has 2 heterocycles. The molecule has 34 heavy (non-hydrogen) atoms. The number of carbonyl (C=O) groups is 2. The van der Waals surface area contributed by atoms with E-state index in [4.69, 9.17) is 47.0 Å². The maximum atomic E-state index is 12.5. The average Bonchev–Trinajstić information content (AvgIpc) is 3.34. The maximum absolute atomic E-state index is 12.5. The number of hydrogen-bond acceptors (Lipinski definition) is 5. The van der Waals surface area contributed by atoms with Crippen LogP contribution in [0.2, 0.25) is 15.1 Å². The number of benzene rings is 2. The van der Waals surface area contributed by atoms with Crippen molar-refractivity contribution in [2.45, 2.75) is 0 Å². The predicted octanol–water partition coefficient (Wildman–Crippen LogP) is 5.80. The van der Waals surface area contributed by atoms with E-state index in [9.17, 15) is 9.59 Å². The second-order valence-corrected chi connectivity index (χ2v) is 10.1. The zero-order valence-corrected chi connectivity index (χ0v) is 21.6. The highest BCUT2D eigenvalue weighted by atomic mass is 35.5. The number of thiocarbonyl (C=S) groups is 1. The van der Waals surface area contributed by atoms with E-state index in [2.05, 4.69) is 15.5 Å². The zero-order valence-electron chi connectivity index (χ0n) is 17.7. The highest BCUT2D eigenvalue weighted by Crippen LogP contribution is 2.30. The van der Waals surface area contributed by atoms with Gasteiger partial charge in [-0.15, -0.1) is 11.3 Å². The number of nitrogens with one attached hydrogen (secondary N) is 2. The first-order valence-corrected chi connectivity index (χ1v) is 12.7. The van der Waals surface area contributed by atoms with Gasteiger partial charge in [0.05, 0.1) is 26.2 Å². The fraction of sp³-hybridized carbons (Fsp3) is 0.174. The third kappa shape index (κ3) is 5.82. The molecule has 1 aromatic heterocycles. The number of thiophene rings is 1. The Balaban J connectivity index is 1.33. The van der Waals surface area contributed by atoms with E-state index >= 15 is 0 Å². The number of hydrogen-bond donors (Lipinski definition) is 2. The second-order valence-electron chi connectivity index (χ2n) is 7.46. The largest absolute Gasteiger partial charge is 0.367 e. The van der Waals surface area contributed by atoms with Crippen LogP contribution in [0.15, 0.2) is 53.9 Å². The van der Waals surface area contributed by atoms with Crippen molar-refractivity contribution < 1.29 is 9.59 Å². The van der Waals surface area contributed by atoms with Crippen molar-refractivity contribution in [3.63, 3.8) is 0 Å². The monoisotopic (exact) mass is 552 g/mol. The highest BCUT2D eigenvalue weighted by Gasteiger charge is 2.24. The number of piperazine rings is 1. The molecule has 6 nitrogen and oxygen atoms in total. The van der Waals surface area contributed by atoms with E-state index < -0.39 is 5.91 Å². The minimum absolute atomic E-state index is 0.0655. The predicted molar refractivity (Wildman–Crippen MR) is 144 cm³/mol. The lowest BCUT2D eigenvalue weighted by atomic mass is 10.2. The number of nitrogens with zero attached hydrogens (tertiary/aromatic N) is 2. The molecule has 0 aliphatic carbocycles. The number of rotatable bonds is 4. The van der Waals surface area contributed by atoms with Crippen molar-refractivity contribution in [1.29, 1.82) is 0 Å². The molecule has 0 saturated carbocycles. The summed E-state index contributed by atoms with van der Waals surface area (Å²) in [5.74, 6) is -0.382. The number of amides is 2. The quantitative estimate of drug-likeness (QED) is 0.400. The Hall–Kier alpha value is -2.36. The van der Waals surface area contributed by atoms with Crippen LogP contribution >= 0.6 is 58.4 Å². The van der Waals surface area contributed by atoms with Gasteiger partial charge in [0.1, 0.15) is 0 Å². The Labute approximate surface area is 221 Å². The lowest BCUT2D eigenvalue weighted by Gasteiger charge is -2.36. The van der Waals surface area contributed by atoms with Crippen LogP contribution in [0, 0.1) is 0 Å². The summed E-state index contributed by atoms with van der Waals surface area (Å²) in [5.41, 5.74) is 1.77. The van der Waals surface area contributed by atoms with Crippen LogP contribution in [0.1, 0.15) is 20.0 Å². The molecule has 1 aliphatic heterocycles. The van der Waals surface area contributed by atoms with Crippen LogP contribution in [-0.4, -0.2) is 48.0 Å². The Bertz CT molecular complexity index is 1230. The average molecular weight is 554 g/mol. The highest BCUT2D eigenvalue weighted by molar-refractivity contribution is 7.80. The van der Waals surface area contributed by atoms with Gasteiger partial charge in [0, 0.05) is 36.9 Å². The van der Waals surface area contributed by atoms with Gasteiger partial charge in [-0.1, -0.05) is 40.9 Å². The van der Waals surface area contributed by atoms with E-state index in [-0.39, 0.29) is 21.6 Å². The van der Waals surface area contributed by atoms with E-state index in [1.54, 1.807) is 12.1 Å². The van der Waals surface area contributed by atoms with Gasteiger partial charge in [-0.25, -0.2) is 0 Å². The Kier molecular flexibility index (Phi) is 7.95. The molecule has 3 aromatic rings. The molecule has 176 valence electrons. The van der Waals surface area contributed by atoms with Crippen LogP contribution in [0.3, 0.4) is 0 Å². The molecule has 0 radical (unpaired) electrons. The van der Waals surface area contributed by atoms with E-state index in [1.165, 1.54) is 23.5 Å². The molecule has 0 bridgehead atoms. The summed E-state index contributed by atoms with van der Waals surface area (Å²) >= 11 is 25.2. The molecular formula is C23H19Cl3N4O2S2. The molecule has 11 heteroatoms. The fourth-order valence-corrected chi connectivity index (χ4v) is 5.25. The van der Waals surface area contributed by atoms with Crippen molar-refractivity contribution in [3.05, 3.63) is 79.4 Å². The lowest BCUT2D eigenvalue weighted by Crippen LogP contribution is -2.48.